The zero-order valence-electron chi connectivity index (χ0n) is 21.8. The molecule has 1 aliphatic rings. The lowest BCUT2D eigenvalue weighted by atomic mass is 10.1. The maximum atomic E-state index is 13.4. The van der Waals surface area contributed by atoms with Gasteiger partial charge >= 0.3 is 10.1 Å². The Morgan fingerprint density at radius 3 is 2.24 bits per heavy atom. The third-order valence-electron chi connectivity index (χ3n) is 6.22. The van der Waals surface area contributed by atoms with Crippen LogP contribution in [0.25, 0.3) is 0 Å². The first-order chi connectivity index (χ1) is 18.4. The van der Waals surface area contributed by atoms with Gasteiger partial charge in [0.15, 0.2) is 0 Å². The highest BCUT2D eigenvalue weighted by molar-refractivity contribution is 7.86. The molecular formula is C29H32N4O4S. The minimum atomic E-state index is -4.17. The molecule has 198 valence electrons. The zero-order valence-corrected chi connectivity index (χ0v) is 22.6. The summed E-state index contributed by atoms with van der Waals surface area (Å²) in [5.74, 6) is -0.333. The van der Waals surface area contributed by atoms with Crippen LogP contribution in [0, 0.1) is 0 Å². The molecule has 3 aromatic carbocycles. The molecular weight excluding hydrogens is 500 g/mol. The average Bonchev–Trinajstić information content (AvgIpc) is 3.25. The van der Waals surface area contributed by atoms with E-state index in [1.54, 1.807) is 30.5 Å². The van der Waals surface area contributed by atoms with Crippen molar-refractivity contribution in [2.45, 2.75) is 51.3 Å². The van der Waals surface area contributed by atoms with Gasteiger partial charge in [-0.15, -0.1) is 4.28 Å². The third-order valence-corrected chi connectivity index (χ3v) is 7.36. The van der Waals surface area contributed by atoms with Gasteiger partial charge in [-0.1, -0.05) is 69.7 Å². The van der Waals surface area contributed by atoms with Crippen LogP contribution >= 0.6 is 0 Å². The Morgan fingerprint density at radius 1 is 0.895 bits per heavy atom. The lowest BCUT2D eigenvalue weighted by Gasteiger charge is -2.14. The van der Waals surface area contributed by atoms with Crippen LogP contribution in [0.2, 0.25) is 0 Å². The Kier molecular flexibility index (Phi) is 8.60. The molecule has 0 unspecified atom stereocenters. The van der Waals surface area contributed by atoms with E-state index in [1.807, 2.05) is 50.2 Å². The second kappa shape index (κ2) is 12.1. The minimum Gasteiger partial charge on any atom is -0.361 e. The number of benzene rings is 3. The minimum absolute atomic E-state index is 0.0936. The molecule has 0 atom stereocenters. The van der Waals surface area contributed by atoms with Crippen molar-refractivity contribution < 1.29 is 17.5 Å². The highest BCUT2D eigenvalue weighted by atomic mass is 32.2. The number of aryl methyl sites for hydroxylation is 2. The van der Waals surface area contributed by atoms with E-state index in [0.29, 0.717) is 35.5 Å². The first-order valence-electron chi connectivity index (χ1n) is 12.7. The Balaban J connectivity index is 1.57. The number of carbonyl (C=O) groups is 1. The van der Waals surface area contributed by atoms with Crippen molar-refractivity contribution in [3.05, 3.63) is 95.7 Å². The Bertz CT molecular complexity index is 1480. The number of amides is 1. The molecule has 1 heterocycles. The highest BCUT2D eigenvalue weighted by Gasteiger charge is 2.31. The van der Waals surface area contributed by atoms with Crippen molar-refractivity contribution in [2.24, 2.45) is 5.10 Å². The largest absolute Gasteiger partial charge is 0.361 e. The van der Waals surface area contributed by atoms with Crippen LogP contribution in [0.1, 0.15) is 44.7 Å². The van der Waals surface area contributed by atoms with E-state index >= 15 is 0 Å². The SMILES string of the molecule is CCCC1=NN(c2cccc(S(=O)(=O)ONc3ccccc3CC)c2)C(=O)C1=CNc1ccccc1CC. The predicted molar refractivity (Wildman–Crippen MR) is 152 cm³/mol. The maximum Gasteiger partial charge on any atom is 0.317 e. The van der Waals surface area contributed by atoms with Crippen molar-refractivity contribution in [3.8, 4) is 0 Å². The molecule has 3 aromatic rings. The normalized spacial score (nSPS) is 14.6. The topological polar surface area (TPSA) is 100 Å². The average molecular weight is 533 g/mol. The fraction of sp³-hybridized carbons (Fsp3) is 0.241. The smallest absolute Gasteiger partial charge is 0.317 e. The van der Waals surface area contributed by atoms with Crippen LogP contribution in [-0.2, 0) is 32.0 Å². The molecule has 4 rings (SSSR count). The van der Waals surface area contributed by atoms with Crippen LogP contribution in [0.4, 0.5) is 17.1 Å². The van der Waals surface area contributed by atoms with Crippen molar-refractivity contribution >= 4 is 38.8 Å². The Morgan fingerprint density at radius 2 is 1.55 bits per heavy atom. The molecule has 8 nitrogen and oxygen atoms in total. The molecule has 1 aliphatic heterocycles. The second-order valence-electron chi connectivity index (χ2n) is 8.77. The summed E-state index contributed by atoms with van der Waals surface area (Å²) in [5, 5.41) is 9.04. The van der Waals surface area contributed by atoms with Gasteiger partial charge in [-0.2, -0.15) is 18.5 Å². The molecule has 0 saturated heterocycles. The van der Waals surface area contributed by atoms with Crippen molar-refractivity contribution in [3.63, 3.8) is 0 Å². The number of carbonyl (C=O) groups excluding carboxylic acids is 1. The number of hydrogen-bond donors (Lipinski definition) is 2. The summed E-state index contributed by atoms with van der Waals surface area (Å²) in [4.78, 5) is 13.3. The lowest BCUT2D eigenvalue weighted by molar-refractivity contribution is -0.114. The standard InChI is InChI=1S/C29H32N4O4S/c1-4-12-28-25(20-30-26-17-9-7-13-21(26)5-2)29(34)33(31-28)23-15-11-16-24(19-23)38(35,36)37-32-27-18-10-8-14-22(27)6-3/h7-11,13-20,30,32H,4-6,12H2,1-3H3. The van der Waals surface area contributed by atoms with Crippen LogP contribution in [0.15, 0.2) is 94.6 Å². The van der Waals surface area contributed by atoms with Crippen LogP contribution in [0.5, 0.6) is 0 Å². The lowest BCUT2D eigenvalue weighted by Crippen LogP contribution is -2.22. The zero-order chi connectivity index (χ0) is 27.1. The molecule has 0 bridgehead atoms. The number of hydrazone groups is 1. The number of nitrogens with zero attached hydrogens (tertiary/aromatic N) is 2. The first kappa shape index (κ1) is 27.1. The van der Waals surface area contributed by atoms with Gasteiger partial charge in [-0.05, 0) is 60.7 Å². The quantitative estimate of drug-likeness (QED) is 0.231. The third kappa shape index (κ3) is 5.95. The fourth-order valence-corrected chi connectivity index (χ4v) is 4.97. The molecule has 0 aromatic heterocycles. The van der Waals surface area contributed by atoms with E-state index in [2.05, 4.69) is 22.8 Å². The van der Waals surface area contributed by atoms with E-state index < -0.39 is 10.1 Å². The van der Waals surface area contributed by atoms with Gasteiger partial charge in [0.25, 0.3) is 5.91 Å². The van der Waals surface area contributed by atoms with Gasteiger partial charge in [-0.3, -0.25) is 4.79 Å². The molecule has 0 fully saturated rings. The summed E-state index contributed by atoms with van der Waals surface area (Å²) in [6.45, 7) is 6.06. The summed E-state index contributed by atoms with van der Waals surface area (Å²) in [6, 6.07) is 21.2. The number of anilines is 3. The number of rotatable bonds is 11. The highest BCUT2D eigenvalue weighted by Crippen LogP contribution is 2.28. The van der Waals surface area contributed by atoms with Crippen LogP contribution in [-0.4, -0.2) is 20.0 Å². The van der Waals surface area contributed by atoms with E-state index in [1.165, 1.54) is 17.1 Å². The summed E-state index contributed by atoms with van der Waals surface area (Å²) >= 11 is 0. The summed E-state index contributed by atoms with van der Waals surface area (Å²) in [6.07, 6.45) is 4.66. The maximum absolute atomic E-state index is 13.4. The van der Waals surface area contributed by atoms with Crippen LogP contribution in [0.3, 0.4) is 0 Å². The number of nitrogens with one attached hydrogen (secondary N) is 2. The molecule has 1 amide bonds. The van der Waals surface area contributed by atoms with E-state index in [-0.39, 0.29) is 10.8 Å². The van der Waals surface area contributed by atoms with Crippen molar-refractivity contribution in [2.75, 3.05) is 15.8 Å². The Labute approximate surface area is 224 Å². The van der Waals surface area contributed by atoms with E-state index in [0.717, 1.165) is 29.7 Å². The predicted octanol–water partition coefficient (Wildman–Crippen LogP) is 6.04. The number of hydrogen-bond acceptors (Lipinski definition) is 7. The molecule has 0 radical (unpaired) electrons. The molecule has 38 heavy (non-hydrogen) atoms. The van der Waals surface area contributed by atoms with E-state index in [9.17, 15) is 13.2 Å². The van der Waals surface area contributed by atoms with Gasteiger partial charge in [0.2, 0.25) is 0 Å². The van der Waals surface area contributed by atoms with Crippen LogP contribution < -0.4 is 15.8 Å². The summed E-state index contributed by atoms with van der Waals surface area (Å²) in [7, 11) is -4.17. The van der Waals surface area contributed by atoms with Gasteiger partial charge in [0.1, 0.15) is 0 Å². The Hall–Kier alpha value is -3.95. The molecule has 9 heteroatoms. The van der Waals surface area contributed by atoms with Gasteiger partial charge in [0, 0.05) is 11.9 Å². The molecule has 0 saturated carbocycles. The van der Waals surface area contributed by atoms with E-state index in [4.69, 9.17) is 4.28 Å². The summed E-state index contributed by atoms with van der Waals surface area (Å²) < 4.78 is 31.1. The van der Waals surface area contributed by atoms with Gasteiger partial charge in [-0.25, -0.2) is 5.48 Å². The monoisotopic (exact) mass is 532 g/mol. The van der Waals surface area contributed by atoms with Gasteiger partial charge < -0.3 is 5.32 Å². The number of para-hydroxylation sites is 2. The second-order valence-corrected chi connectivity index (χ2v) is 10.3. The van der Waals surface area contributed by atoms with Crippen molar-refractivity contribution in [1.29, 1.82) is 0 Å². The van der Waals surface area contributed by atoms with Gasteiger partial charge in [0.05, 0.1) is 27.6 Å². The first-order valence-corrected chi connectivity index (χ1v) is 14.1. The van der Waals surface area contributed by atoms with Crippen molar-refractivity contribution in [1.82, 2.24) is 0 Å². The molecule has 0 spiro atoms. The molecule has 0 aliphatic carbocycles. The fourth-order valence-electron chi connectivity index (χ4n) is 4.17. The molecule has 2 N–H and O–H groups in total. The summed E-state index contributed by atoms with van der Waals surface area (Å²) in [5.41, 5.74) is 7.53.